The number of hydrogen-bond donors (Lipinski definition) is 6. The third-order valence-electron chi connectivity index (χ3n) is 9.82. The Morgan fingerprint density at radius 1 is 1.17 bits per heavy atom. The molecule has 0 bridgehead atoms. The molecule has 3 aliphatic rings. The number of rotatable bonds is 5. The molecule has 0 aliphatic heterocycles. The van der Waals surface area contributed by atoms with Gasteiger partial charge in [0.25, 0.3) is 0 Å². The molecule has 0 spiro atoms. The average molecular weight is 589 g/mol. The van der Waals surface area contributed by atoms with Crippen LogP contribution in [0.1, 0.15) is 76.4 Å². The number of phenols is 1. The van der Waals surface area contributed by atoms with Gasteiger partial charge in [0.1, 0.15) is 17.8 Å². The van der Waals surface area contributed by atoms with Crippen LogP contribution in [-0.2, 0) is 27.3 Å². The van der Waals surface area contributed by atoms with Gasteiger partial charge >= 0.3 is 6.09 Å². The van der Waals surface area contributed by atoms with Crippen molar-refractivity contribution >= 4 is 23.6 Å². The smallest absolute Gasteiger partial charge is 0.407 e. The Kier molecular flexibility index (Phi) is 7.83. The van der Waals surface area contributed by atoms with E-state index in [1.807, 2.05) is 20.8 Å². The number of ketones is 2. The van der Waals surface area contributed by atoms with E-state index >= 15 is 0 Å². The van der Waals surface area contributed by atoms with Crippen LogP contribution in [0.15, 0.2) is 12.1 Å². The number of carbonyl (C=O) groups is 4. The first-order chi connectivity index (χ1) is 19.2. The van der Waals surface area contributed by atoms with E-state index in [1.54, 1.807) is 33.8 Å². The molecule has 8 atom stereocenters. The number of nitrogens with two attached hydrogens (primary N) is 1. The maximum Gasteiger partial charge on any atom is 0.407 e. The van der Waals surface area contributed by atoms with E-state index < -0.39 is 70.0 Å². The summed E-state index contributed by atoms with van der Waals surface area (Å²) in [6.45, 7) is 12.9. The van der Waals surface area contributed by atoms with Gasteiger partial charge in [-0.05, 0) is 52.7 Å². The Morgan fingerprint density at radius 3 is 2.33 bits per heavy atom. The Hall–Kier alpha value is -3.02. The third kappa shape index (κ3) is 4.69. The van der Waals surface area contributed by atoms with Gasteiger partial charge in [-0.2, -0.15) is 0 Å². The minimum absolute atomic E-state index is 0.00941. The van der Waals surface area contributed by atoms with Crippen molar-refractivity contribution in [3.63, 3.8) is 0 Å². The van der Waals surface area contributed by atoms with Gasteiger partial charge in [0.15, 0.2) is 17.2 Å². The second kappa shape index (κ2) is 10.3. The number of nitrogens with one attached hydrogen (secondary N) is 1. The van der Waals surface area contributed by atoms with Crippen LogP contribution < -0.4 is 11.1 Å². The molecule has 2 saturated carbocycles. The van der Waals surface area contributed by atoms with Crippen molar-refractivity contribution in [2.24, 2.45) is 45.7 Å². The molecule has 1 aromatic carbocycles. The molecule has 232 valence electrons. The van der Waals surface area contributed by atoms with Crippen LogP contribution in [0.5, 0.6) is 5.75 Å². The van der Waals surface area contributed by atoms with Crippen LogP contribution in [0.4, 0.5) is 4.79 Å². The maximum absolute atomic E-state index is 14.1. The van der Waals surface area contributed by atoms with E-state index in [-0.39, 0.29) is 48.6 Å². The zero-order valence-electron chi connectivity index (χ0n) is 25.4. The molecular formula is C31H44N2O9. The number of hydrogen-bond acceptors (Lipinski definition) is 9. The number of fused-ring (bicyclic) bond motifs is 3. The molecule has 4 rings (SSSR count). The van der Waals surface area contributed by atoms with Crippen molar-refractivity contribution in [2.75, 3.05) is 6.61 Å². The summed E-state index contributed by atoms with van der Waals surface area (Å²) < 4.78 is 5.28. The van der Waals surface area contributed by atoms with Gasteiger partial charge < -0.3 is 36.2 Å². The van der Waals surface area contributed by atoms with Crippen LogP contribution in [0.2, 0.25) is 0 Å². The van der Waals surface area contributed by atoms with Gasteiger partial charge in [0, 0.05) is 12.0 Å². The normalized spacial score (nSPS) is 36.1. The topological polar surface area (TPSA) is 196 Å². The van der Waals surface area contributed by atoms with Crippen molar-refractivity contribution in [1.29, 1.82) is 0 Å². The van der Waals surface area contributed by atoms with E-state index in [4.69, 9.17) is 10.5 Å². The van der Waals surface area contributed by atoms with E-state index in [1.165, 1.54) is 6.07 Å². The van der Waals surface area contributed by atoms with Crippen molar-refractivity contribution in [2.45, 2.75) is 85.7 Å². The van der Waals surface area contributed by atoms with Crippen molar-refractivity contribution in [1.82, 2.24) is 5.32 Å². The van der Waals surface area contributed by atoms with Gasteiger partial charge in [0.2, 0.25) is 5.91 Å². The largest absolute Gasteiger partial charge is 0.507 e. The summed E-state index contributed by atoms with van der Waals surface area (Å²) in [6, 6.07) is 2.93. The van der Waals surface area contributed by atoms with Gasteiger partial charge in [0.05, 0.1) is 24.2 Å². The van der Waals surface area contributed by atoms with Crippen molar-refractivity contribution < 1.29 is 44.3 Å². The molecule has 11 heteroatoms. The molecule has 2 amide bonds. The minimum atomic E-state index is -2.57. The second-order valence-electron chi connectivity index (χ2n) is 14.6. The summed E-state index contributed by atoms with van der Waals surface area (Å²) in [4.78, 5) is 52.6. The number of aliphatic hydroxyl groups is 3. The van der Waals surface area contributed by atoms with Crippen LogP contribution in [0, 0.1) is 39.9 Å². The number of amides is 2. The zero-order valence-corrected chi connectivity index (χ0v) is 25.4. The number of aliphatic hydroxyl groups excluding tert-OH is 2. The van der Waals surface area contributed by atoms with E-state index in [2.05, 4.69) is 5.32 Å². The molecule has 42 heavy (non-hydrogen) atoms. The van der Waals surface area contributed by atoms with Gasteiger partial charge in [-0.25, -0.2) is 4.79 Å². The minimum Gasteiger partial charge on any atom is -0.507 e. The highest BCUT2D eigenvalue weighted by Gasteiger charge is 2.75. The van der Waals surface area contributed by atoms with E-state index in [0.717, 1.165) is 0 Å². The zero-order chi connectivity index (χ0) is 31.7. The summed E-state index contributed by atoms with van der Waals surface area (Å²) in [5.74, 6) is -7.45. The summed E-state index contributed by atoms with van der Waals surface area (Å²) in [5, 5.41) is 48.7. The van der Waals surface area contributed by atoms with Crippen LogP contribution in [0.25, 0.3) is 0 Å². The van der Waals surface area contributed by atoms with Gasteiger partial charge in [-0.15, -0.1) is 0 Å². The molecule has 0 radical (unpaired) electrons. The van der Waals surface area contributed by atoms with Gasteiger partial charge in [-0.3, -0.25) is 14.4 Å². The maximum atomic E-state index is 14.1. The fourth-order valence-corrected chi connectivity index (χ4v) is 8.26. The lowest BCUT2D eigenvalue weighted by Crippen LogP contribution is -2.79. The first kappa shape index (κ1) is 31.9. The molecule has 0 heterocycles. The number of ether oxygens (including phenoxy) is 1. The standard InChI is InChI=1S/C31H44N2O9/c1-14(2)20-23(36)19(26(32)39)24(37)31(41)25(38)21-22(35)18-16(10-29(21,6)12-30(20,31)7)15(8-9-17(18)34)11-33-27(40)42-13-28(3,4)5/h8-9,14,19-21,23,25,34,36,38,41H,10-13H2,1-7H3,(H2,32,39)(H,33,40)/t19-,20+,21-,23?,25?,29-,30-,31+/m1/s1. The first-order valence-electron chi connectivity index (χ1n) is 14.4. The monoisotopic (exact) mass is 588 g/mol. The van der Waals surface area contributed by atoms with Gasteiger partial charge in [-0.1, -0.05) is 54.5 Å². The summed E-state index contributed by atoms with van der Waals surface area (Å²) in [6.07, 6.45) is -3.88. The van der Waals surface area contributed by atoms with Crippen molar-refractivity contribution in [3.05, 3.63) is 28.8 Å². The quantitative estimate of drug-likeness (QED) is 0.278. The summed E-state index contributed by atoms with van der Waals surface area (Å²) in [5.41, 5.74) is 1.22. The molecule has 1 aromatic rings. The predicted molar refractivity (Wildman–Crippen MR) is 151 cm³/mol. The molecule has 0 aromatic heterocycles. The third-order valence-corrected chi connectivity index (χ3v) is 9.82. The SMILES string of the molecule is CC(C)[C@H]1C(O)[C@@H](C(N)=O)C(=O)[C@]2(O)C(O)[C@H]3C(=O)c4c(O)ccc(CNC(=O)OCC(C)(C)C)c4C[C@]3(C)C[C@]12C. The van der Waals surface area contributed by atoms with E-state index in [9.17, 15) is 39.6 Å². The average Bonchev–Trinajstić information content (AvgIpc) is 2.83. The molecule has 7 N–H and O–H groups in total. The first-order valence-corrected chi connectivity index (χ1v) is 14.4. The molecule has 2 fully saturated rings. The number of benzene rings is 1. The number of aromatic hydroxyl groups is 1. The molecule has 2 unspecified atom stereocenters. The lowest BCUT2D eigenvalue weighted by molar-refractivity contribution is -0.265. The highest BCUT2D eigenvalue weighted by atomic mass is 16.5. The van der Waals surface area contributed by atoms with Crippen LogP contribution in [0.3, 0.4) is 0 Å². The van der Waals surface area contributed by atoms with Crippen LogP contribution >= 0.6 is 0 Å². The Labute approximate surface area is 245 Å². The van der Waals surface area contributed by atoms with E-state index in [0.29, 0.717) is 11.1 Å². The predicted octanol–water partition coefficient (Wildman–Crippen LogP) is 1.85. The Morgan fingerprint density at radius 2 is 1.79 bits per heavy atom. The number of Topliss-reactive ketones (excluding diaryl/α,β-unsaturated/α-hetero) is 2. The fraction of sp³-hybridized carbons (Fsp3) is 0.677. The highest BCUT2D eigenvalue weighted by Crippen LogP contribution is 2.65. The van der Waals surface area contributed by atoms with Crippen molar-refractivity contribution in [3.8, 4) is 5.75 Å². The molecule has 3 aliphatic carbocycles. The number of carbonyl (C=O) groups excluding carboxylic acids is 4. The summed E-state index contributed by atoms with van der Waals surface area (Å²) in [7, 11) is 0. The highest BCUT2D eigenvalue weighted by molar-refractivity contribution is 6.09. The molecule has 11 nitrogen and oxygen atoms in total. The number of phenolic OH excluding ortho intramolecular Hbond substituents is 1. The lowest BCUT2D eigenvalue weighted by atomic mass is 9.39. The Bertz CT molecular complexity index is 1320. The lowest BCUT2D eigenvalue weighted by Gasteiger charge is -2.66. The number of alkyl carbamates (subject to hydrolysis) is 1. The molecule has 0 saturated heterocycles. The second-order valence-corrected chi connectivity index (χ2v) is 14.6. The number of primary amides is 1. The van der Waals surface area contributed by atoms with Crippen LogP contribution in [-0.4, -0.2) is 68.4 Å². The summed E-state index contributed by atoms with van der Waals surface area (Å²) >= 11 is 0. The fourth-order valence-electron chi connectivity index (χ4n) is 8.26. The Balaban J connectivity index is 1.79. The molecular weight excluding hydrogens is 544 g/mol.